The SMILES string of the molecule is C=CC(=O)Nc1c(C)c(C(=O)O)c(C)c(C(=O)O)c1C.CC.CC.CC. The molecule has 3 N–H and O–H groups in total. The highest BCUT2D eigenvalue weighted by atomic mass is 16.4. The molecule has 0 fully saturated rings. The standard InChI is InChI=1S/C14H15NO5.3C2H6/c1-5-9(16)15-12-7(3)10(13(17)18)6(2)11(8(12)4)14(19)20;3*1-2/h5H,1H2,2-4H3,(H,15,16)(H,17,18)(H,19,20);3*1-2H3. The predicted octanol–water partition coefficient (Wildman–Crippen LogP) is 5.21. The largest absolute Gasteiger partial charge is 0.478 e. The maximum atomic E-state index is 11.4. The molecule has 1 rings (SSSR count). The number of aromatic carboxylic acids is 2. The molecule has 0 bridgehead atoms. The van der Waals surface area contributed by atoms with Crippen LogP contribution in [-0.4, -0.2) is 28.1 Å². The van der Waals surface area contributed by atoms with Crippen LogP contribution in [0.3, 0.4) is 0 Å². The van der Waals surface area contributed by atoms with Gasteiger partial charge < -0.3 is 15.5 Å². The lowest BCUT2D eigenvalue weighted by Crippen LogP contribution is -2.17. The van der Waals surface area contributed by atoms with Gasteiger partial charge in [-0.15, -0.1) is 0 Å². The molecule has 0 radical (unpaired) electrons. The summed E-state index contributed by atoms with van der Waals surface area (Å²) >= 11 is 0. The molecule has 0 heterocycles. The lowest BCUT2D eigenvalue weighted by molar-refractivity contribution is -0.111. The van der Waals surface area contributed by atoms with Crippen molar-refractivity contribution in [3.63, 3.8) is 0 Å². The first-order valence-electron chi connectivity index (χ1n) is 8.76. The molecule has 1 aromatic rings. The summed E-state index contributed by atoms with van der Waals surface area (Å²) in [4.78, 5) is 34.0. The summed E-state index contributed by atoms with van der Waals surface area (Å²) < 4.78 is 0. The van der Waals surface area contributed by atoms with Crippen LogP contribution in [0.1, 0.15) is 78.9 Å². The Kier molecular flexibility index (Phi) is 15.9. The van der Waals surface area contributed by atoms with E-state index in [2.05, 4.69) is 11.9 Å². The number of carboxylic acids is 2. The van der Waals surface area contributed by atoms with Crippen LogP contribution < -0.4 is 5.32 Å². The van der Waals surface area contributed by atoms with Crippen LogP contribution in [0.15, 0.2) is 12.7 Å². The molecule has 0 aliphatic carbocycles. The number of hydrogen-bond acceptors (Lipinski definition) is 3. The van der Waals surface area contributed by atoms with E-state index >= 15 is 0 Å². The number of carboxylic acid groups (broad SMARTS) is 2. The molecule has 0 spiro atoms. The first kappa shape index (κ1) is 28.2. The number of amides is 1. The van der Waals surface area contributed by atoms with E-state index in [9.17, 15) is 24.6 Å². The van der Waals surface area contributed by atoms with Gasteiger partial charge in [0, 0.05) is 5.69 Å². The van der Waals surface area contributed by atoms with Gasteiger partial charge >= 0.3 is 11.9 Å². The highest BCUT2D eigenvalue weighted by Gasteiger charge is 2.24. The first-order chi connectivity index (χ1) is 12.2. The van der Waals surface area contributed by atoms with Gasteiger partial charge in [-0.3, -0.25) is 4.79 Å². The van der Waals surface area contributed by atoms with Crippen molar-refractivity contribution < 1.29 is 24.6 Å². The minimum absolute atomic E-state index is 0.118. The number of benzene rings is 1. The molecule has 148 valence electrons. The number of nitrogens with one attached hydrogen (secondary N) is 1. The Hall–Kier alpha value is -2.63. The van der Waals surface area contributed by atoms with Crippen LogP contribution in [0, 0.1) is 20.8 Å². The summed E-state index contributed by atoms with van der Waals surface area (Å²) in [6.07, 6.45) is 1.03. The van der Waals surface area contributed by atoms with E-state index in [1.807, 2.05) is 41.5 Å². The molecule has 0 aliphatic heterocycles. The fraction of sp³-hybridized carbons (Fsp3) is 0.450. The topological polar surface area (TPSA) is 104 Å². The highest BCUT2D eigenvalue weighted by Crippen LogP contribution is 2.31. The third-order valence-electron chi connectivity index (χ3n) is 3.11. The Balaban J connectivity index is -0.000000795. The fourth-order valence-corrected chi connectivity index (χ4v) is 2.22. The zero-order valence-electron chi connectivity index (χ0n) is 17.4. The van der Waals surface area contributed by atoms with Crippen molar-refractivity contribution in [1.82, 2.24) is 0 Å². The number of hydrogen-bond donors (Lipinski definition) is 3. The first-order valence-corrected chi connectivity index (χ1v) is 8.76. The quantitative estimate of drug-likeness (QED) is 0.634. The van der Waals surface area contributed by atoms with Crippen molar-refractivity contribution in [3.8, 4) is 0 Å². The predicted molar refractivity (Wildman–Crippen MR) is 107 cm³/mol. The lowest BCUT2D eigenvalue weighted by atomic mass is 9.91. The number of rotatable bonds is 4. The average Bonchev–Trinajstić information content (AvgIpc) is 2.62. The minimum Gasteiger partial charge on any atom is -0.478 e. The van der Waals surface area contributed by atoms with Crippen LogP contribution in [0.25, 0.3) is 0 Å². The molecule has 0 atom stereocenters. The maximum absolute atomic E-state index is 11.4. The molecular formula is C20H33NO5. The molecular weight excluding hydrogens is 334 g/mol. The second-order valence-electron chi connectivity index (χ2n) is 4.30. The zero-order valence-corrected chi connectivity index (χ0v) is 17.4. The summed E-state index contributed by atoms with van der Waals surface area (Å²) in [6, 6.07) is 0. The summed E-state index contributed by atoms with van der Waals surface area (Å²) in [5, 5.41) is 20.9. The van der Waals surface area contributed by atoms with E-state index in [1.165, 1.54) is 20.8 Å². The molecule has 0 saturated carbocycles. The molecule has 1 aromatic carbocycles. The fourth-order valence-electron chi connectivity index (χ4n) is 2.22. The van der Waals surface area contributed by atoms with Gasteiger partial charge in [0.25, 0.3) is 0 Å². The Bertz CT molecular complexity index is 593. The number of anilines is 1. The van der Waals surface area contributed by atoms with E-state index in [-0.39, 0.29) is 22.4 Å². The van der Waals surface area contributed by atoms with E-state index < -0.39 is 17.8 Å². The molecule has 6 heteroatoms. The Morgan fingerprint density at radius 1 is 0.769 bits per heavy atom. The van der Waals surface area contributed by atoms with E-state index in [0.717, 1.165) is 6.08 Å². The molecule has 26 heavy (non-hydrogen) atoms. The molecule has 0 aliphatic rings. The average molecular weight is 367 g/mol. The third kappa shape index (κ3) is 7.09. The van der Waals surface area contributed by atoms with Crippen molar-refractivity contribution >= 4 is 23.5 Å². The van der Waals surface area contributed by atoms with Crippen LogP contribution in [-0.2, 0) is 4.79 Å². The van der Waals surface area contributed by atoms with Crippen LogP contribution in [0.5, 0.6) is 0 Å². The van der Waals surface area contributed by atoms with E-state index in [1.54, 1.807) is 0 Å². The lowest BCUT2D eigenvalue weighted by Gasteiger charge is -2.18. The second kappa shape index (κ2) is 14.7. The normalized spacial score (nSPS) is 8.35. The van der Waals surface area contributed by atoms with Crippen LogP contribution in [0.4, 0.5) is 5.69 Å². The molecule has 0 saturated heterocycles. The minimum atomic E-state index is -1.24. The van der Waals surface area contributed by atoms with Crippen LogP contribution in [0.2, 0.25) is 0 Å². The van der Waals surface area contributed by atoms with Crippen molar-refractivity contribution in [1.29, 1.82) is 0 Å². The van der Waals surface area contributed by atoms with Crippen molar-refractivity contribution in [3.05, 3.63) is 40.5 Å². The van der Waals surface area contributed by atoms with E-state index in [0.29, 0.717) is 11.1 Å². The Morgan fingerprint density at radius 3 is 1.31 bits per heavy atom. The van der Waals surface area contributed by atoms with Gasteiger partial charge in [0.1, 0.15) is 0 Å². The maximum Gasteiger partial charge on any atom is 0.336 e. The van der Waals surface area contributed by atoms with Crippen molar-refractivity contribution in [2.45, 2.75) is 62.3 Å². The highest BCUT2D eigenvalue weighted by molar-refractivity contribution is 6.06. The Labute approximate surface area is 156 Å². The summed E-state index contributed by atoms with van der Waals surface area (Å²) in [5.41, 5.74) is 0.743. The third-order valence-corrected chi connectivity index (χ3v) is 3.11. The second-order valence-corrected chi connectivity index (χ2v) is 4.30. The molecule has 1 amide bonds. The van der Waals surface area contributed by atoms with Gasteiger partial charge in [0.15, 0.2) is 0 Å². The summed E-state index contributed by atoms with van der Waals surface area (Å²) in [6.45, 7) is 19.8. The molecule has 0 unspecified atom stereocenters. The van der Waals surface area contributed by atoms with Gasteiger partial charge in [-0.1, -0.05) is 48.1 Å². The van der Waals surface area contributed by atoms with Gasteiger partial charge in [-0.2, -0.15) is 0 Å². The zero-order chi connectivity index (χ0) is 21.6. The van der Waals surface area contributed by atoms with Gasteiger partial charge in [0.2, 0.25) is 5.91 Å². The van der Waals surface area contributed by atoms with Gasteiger partial charge in [-0.25, -0.2) is 9.59 Å². The molecule has 6 nitrogen and oxygen atoms in total. The number of carbonyl (C=O) groups is 3. The monoisotopic (exact) mass is 367 g/mol. The van der Waals surface area contributed by atoms with E-state index in [4.69, 9.17) is 0 Å². The van der Waals surface area contributed by atoms with Gasteiger partial charge in [0.05, 0.1) is 11.1 Å². The summed E-state index contributed by atoms with van der Waals surface area (Å²) in [5.74, 6) is -3.01. The van der Waals surface area contributed by atoms with Crippen molar-refractivity contribution in [2.24, 2.45) is 0 Å². The number of carbonyl (C=O) groups excluding carboxylic acids is 1. The van der Waals surface area contributed by atoms with Crippen molar-refractivity contribution in [2.75, 3.05) is 5.32 Å². The smallest absolute Gasteiger partial charge is 0.336 e. The Morgan fingerprint density at radius 2 is 1.08 bits per heavy atom. The summed E-state index contributed by atoms with van der Waals surface area (Å²) in [7, 11) is 0. The van der Waals surface area contributed by atoms with Crippen LogP contribution >= 0.6 is 0 Å². The molecule has 0 aromatic heterocycles. The van der Waals surface area contributed by atoms with Gasteiger partial charge in [-0.05, 0) is 43.5 Å².